The molecule has 13 heteroatoms. The number of amides is 1. The number of hydrogen-bond acceptors (Lipinski definition) is 11. The normalized spacial score (nSPS) is 17.9. The average molecular weight is 588 g/mol. The molecule has 40 heavy (non-hydrogen) atoms. The summed E-state index contributed by atoms with van der Waals surface area (Å²) in [7, 11) is -3.35. The van der Waals surface area contributed by atoms with Crippen molar-refractivity contribution in [1.29, 1.82) is 0 Å². The molecule has 1 saturated heterocycles. The van der Waals surface area contributed by atoms with Gasteiger partial charge in [0.25, 0.3) is 5.91 Å². The number of sulfone groups is 1. The number of pyridine rings is 1. The van der Waals surface area contributed by atoms with Crippen molar-refractivity contribution in [2.75, 3.05) is 44.8 Å². The number of benzene rings is 1. The number of anilines is 1. The maximum Gasteiger partial charge on any atom is 0.280 e. The molecule has 3 aromatic rings. The Morgan fingerprint density at radius 2 is 1.90 bits per heavy atom. The first-order valence-electron chi connectivity index (χ1n) is 13.5. The van der Waals surface area contributed by atoms with Gasteiger partial charge in [0, 0.05) is 24.6 Å². The molecule has 1 atom stereocenters. The highest BCUT2D eigenvalue weighted by atomic mass is 32.2. The Morgan fingerprint density at radius 1 is 1.12 bits per heavy atom. The first kappa shape index (κ1) is 28.4. The zero-order valence-corrected chi connectivity index (χ0v) is 24.2. The van der Waals surface area contributed by atoms with Gasteiger partial charge in [-0.1, -0.05) is 42.5 Å². The van der Waals surface area contributed by atoms with Crippen LogP contribution >= 0.6 is 11.3 Å². The predicted octanol–water partition coefficient (Wildman–Crippen LogP) is 3.50. The Labute approximate surface area is 237 Å². The fraction of sp³-hybridized carbons (Fsp3) is 0.481. The molecule has 1 saturated carbocycles. The molecule has 2 aromatic heterocycles. The topological polar surface area (TPSA) is 132 Å². The van der Waals surface area contributed by atoms with Crippen LogP contribution in [0, 0.1) is 0 Å². The Balaban J connectivity index is 1.31. The fourth-order valence-electron chi connectivity index (χ4n) is 4.23. The van der Waals surface area contributed by atoms with Crippen LogP contribution in [0.2, 0.25) is 0 Å². The number of ether oxygens (including phenoxy) is 2. The van der Waals surface area contributed by atoms with Crippen molar-refractivity contribution < 1.29 is 27.5 Å². The lowest BCUT2D eigenvalue weighted by Gasteiger charge is -2.17. The molecule has 3 heterocycles. The van der Waals surface area contributed by atoms with E-state index in [1.165, 1.54) is 23.5 Å². The second kappa shape index (κ2) is 12.6. The monoisotopic (exact) mass is 587 g/mol. The second-order valence-electron chi connectivity index (χ2n) is 9.62. The number of oxime groups is 1. The largest absolute Gasteiger partial charge is 0.476 e. The second-order valence-corrected chi connectivity index (χ2v) is 12.8. The predicted molar refractivity (Wildman–Crippen MR) is 153 cm³/mol. The lowest BCUT2D eigenvalue weighted by molar-refractivity contribution is -0.110. The molecular formula is C27H33N5O6S2. The van der Waals surface area contributed by atoms with E-state index < -0.39 is 15.7 Å². The van der Waals surface area contributed by atoms with Gasteiger partial charge in [0.05, 0.1) is 23.4 Å². The van der Waals surface area contributed by atoms with E-state index in [-0.39, 0.29) is 22.0 Å². The average Bonchev–Trinajstić information content (AvgIpc) is 3.56. The van der Waals surface area contributed by atoms with Crippen LogP contribution in [0.15, 0.2) is 46.4 Å². The van der Waals surface area contributed by atoms with Gasteiger partial charge in [-0.25, -0.2) is 18.4 Å². The Bertz CT molecular complexity index is 1460. The van der Waals surface area contributed by atoms with Crippen LogP contribution in [0.1, 0.15) is 38.7 Å². The third-order valence-corrected chi connectivity index (χ3v) is 9.98. The van der Waals surface area contributed by atoms with Crippen molar-refractivity contribution >= 4 is 48.3 Å². The first-order chi connectivity index (χ1) is 19.4. The lowest BCUT2D eigenvalue weighted by atomic mass is 10.1. The summed E-state index contributed by atoms with van der Waals surface area (Å²) in [5, 5.41) is 6.97. The SMILES string of the molecule is CCN(CC)CCOc1ccc2nc(NC(=O)/C(=N/O[C@@H]3CCOC3)c3ccc(S(=O)(=O)C4CC4)cc3)sc2n1. The number of carbonyl (C=O) groups is 1. The highest BCUT2D eigenvalue weighted by Crippen LogP contribution is 2.33. The van der Waals surface area contributed by atoms with E-state index in [2.05, 4.69) is 39.2 Å². The van der Waals surface area contributed by atoms with Gasteiger partial charge in [-0.2, -0.15) is 0 Å². The van der Waals surface area contributed by atoms with E-state index in [1.807, 2.05) is 0 Å². The molecule has 1 aliphatic heterocycles. The number of aromatic nitrogens is 2. The minimum absolute atomic E-state index is 0.00918. The number of hydrogen-bond donors (Lipinski definition) is 1. The number of carbonyl (C=O) groups excluding carboxylic acids is 1. The summed E-state index contributed by atoms with van der Waals surface area (Å²) in [5.41, 5.74) is 1.06. The summed E-state index contributed by atoms with van der Waals surface area (Å²) >= 11 is 1.22. The van der Waals surface area contributed by atoms with Crippen LogP contribution in [0.4, 0.5) is 5.13 Å². The first-order valence-corrected chi connectivity index (χ1v) is 15.8. The van der Waals surface area contributed by atoms with Crippen LogP contribution in [0.3, 0.4) is 0 Å². The van der Waals surface area contributed by atoms with Gasteiger partial charge >= 0.3 is 0 Å². The van der Waals surface area contributed by atoms with Crippen LogP contribution in [0.5, 0.6) is 5.88 Å². The van der Waals surface area contributed by atoms with Crippen molar-refractivity contribution in [2.45, 2.75) is 49.4 Å². The molecular weight excluding hydrogens is 554 g/mol. The number of thiazole rings is 1. The molecule has 214 valence electrons. The molecule has 2 aliphatic rings. The molecule has 2 fully saturated rings. The van der Waals surface area contributed by atoms with Crippen molar-refractivity contribution in [3.63, 3.8) is 0 Å². The third kappa shape index (κ3) is 6.77. The Hall–Kier alpha value is -3.13. The fourth-order valence-corrected chi connectivity index (χ4v) is 6.71. The van der Waals surface area contributed by atoms with E-state index in [0.29, 0.717) is 66.0 Å². The van der Waals surface area contributed by atoms with E-state index in [0.717, 1.165) is 19.6 Å². The molecule has 0 unspecified atom stereocenters. The van der Waals surface area contributed by atoms with E-state index in [4.69, 9.17) is 14.3 Å². The Morgan fingerprint density at radius 3 is 2.58 bits per heavy atom. The van der Waals surface area contributed by atoms with Crippen molar-refractivity contribution in [3.8, 4) is 5.88 Å². The van der Waals surface area contributed by atoms with E-state index in [9.17, 15) is 13.2 Å². The van der Waals surface area contributed by atoms with Crippen molar-refractivity contribution in [3.05, 3.63) is 42.0 Å². The highest BCUT2D eigenvalue weighted by Gasteiger charge is 2.36. The summed E-state index contributed by atoms with van der Waals surface area (Å²) in [6.07, 6.45) is 1.76. The molecule has 1 N–H and O–H groups in total. The van der Waals surface area contributed by atoms with Gasteiger partial charge in [0.2, 0.25) is 5.88 Å². The maximum absolute atomic E-state index is 13.4. The summed E-state index contributed by atoms with van der Waals surface area (Å²) in [4.78, 5) is 31.1. The molecule has 0 bridgehead atoms. The summed E-state index contributed by atoms with van der Waals surface area (Å²) in [6.45, 7) is 8.42. The Kier molecular flexibility index (Phi) is 8.94. The van der Waals surface area contributed by atoms with Gasteiger partial charge in [0.15, 0.2) is 26.8 Å². The molecule has 1 aromatic carbocycles. The number of likely N-dealkylation sites (N-methyl/N-ethyl adjacent to an activating group) is 1. The molecule has 1 aliphatic carbocycles. The highest BCUT2D eigenvalue weighted by molar-refractivity contribution is 7.92. The zero-order valence-electron chi connectivity index (χ0n) is 22.5. The molecule has 5 rings (SSSR count). The van der Waals surface area contributed by atoms with Crippen LogP contribution < -0.4 is 10.1 Å². The number of nitrogens with one attached hydrogen (secondary N) is 1. The van der Waals surface area contributed by atoms with Crippen LogP contribution in [0.25, 0.3) is 10.3 Å². The molecule has 1 amide bonds. The van der Waals surface area contributed by atoms with Crippen molar-refractivity contribution in [1.82, 2.24) is 14.9 Å². The van der Waals surface area contributed by atoms with Gasteiger partial charge in [0.1, 0.15) is 17.0 Å². The van der Waals surface area contributed by atoms with Gasteiger partial charge in [-0.3, -0.25) is 10.1 Å². The summed E-state index contributed by atoms with van der Waals surface area (Å²) in [6, 6.07) is 9.73. The minimum atomic E-state index is -3.35. The van der Waals surface area contributed by atoms with E-state index in [1.54, 1.807) is 24.3 Å². The quantitative estimate of drug-likeness (QED) is 0.236. The van der Waals surface area contributed by atoms with Gasteiger partial charge in [-0.05, 0) is 44.1 Å². The lowest BCUT2D eigenvalue weighted by Crippen LogP contribution is -2.28. The van der Waals surface area contributed by atoms with Gasteiger partial charge in [-0.15, -0.1) is 0 Å². The van der Waals surface area contributed by atoms with Gasteiger partial charge < -0.3 is 19.2 Å². The molecule has 0 spiro atoms. The van der Waals surface area contributed by atoms with Crippen LogP contribution in [-0.2, 0) is 24.2 Å². The van der Waals surface area contributed by atoms with Crippen molar-refractivity contribution in [2.24, 2.45) is 5.16 Å². The smallest absolute Gasteiger partial charge is 0.280 e. The maximum atomic E-state index is 13.4. The summed E-state index contributed by atoms with van der Waals surface area (Å²) in [5.74, 6) is -0.0386. The third-order valence-electron chi connectivity index (χ3n) is 6.82. The number of nitrogens with zero attached hydrogens (tertiary/aromatic N) is 4. The standard InChI is InChI=1S/C27H33N5O6S2/c1-3-32(4-2)14-16-37-23-12-11-22-26(29-23)39-27(28-22)30-25(33)24(31-38-19-13-15-36-17-19)18-5-7-20(8-6-18)40(34,35)21-9-10-21/h5-8,11-12,19,21H,3-4,9-10,13-17H2,1-2H3,(H,28,30,33)/b31-24+/t19-/m1/s1. The summed E-state index contributed by atoms with van der Waals surface area (Å²) < 4.78 is 36.4. The molecule has 11 nitrogen and oxygen atoms in total. The minimum Gasteiger partial charge on any atom is -0.476 e. The molecule has 0 radical (unpaired) electrons. The van der Waals surface area contributed by atoms with E-state index >= 15 is 0 Å². The number of rotatable bonds is 13. The van der Waals surface area contributed by atoms with Crippen LogP contribution in [-0.4, -0.2) is 85.7 Å². The number of fused-ring (bicyclic) bond motifs is 1. The zero-order chi connectivity index (χ0) is 28.1.